The molecule has 7 heteroatoms. The number of carbonyl (C=O) groups is 1. The third-order valence-corrected chi connectivity index (χ3v) is 5.91. The van der Waals surface area contributed by atoms with E-state index in [0.717, 1.165) is 39.0 Å². The van der Waals surface area contributed by atoms with Crippen molar-refractivity contribution in [3.05, 3.63) is 38.9 Å². The van der Waals surface area contributed by atoms with Gasteiger partial charge in [0, 0.05) is 25.3 Å². The van der Waals surface area contributed by atoms with Gasteiger partial charge in [-0.05, 0) is 62.0 Å². The Kier molecular flexibility index (Phi) is 5.14. The van der Waals surface area contributed by atoms with Gasteiger partial charge in [0.05, 0.1) is 23.6 Å². The van der Waals surface area contributed by atoms with E-state index in [-0.39, 0.29) is 17.6 Å². The number of amides is 1. The van der Waals surface area contributed by atoms with Gasteiger partial charge in [-0.2, -0.15) is 0 Å². The first-order chi connectivity index (χ1) is 13.0. The zero-order valence-corrected chi connectivity index (χ0v) is 16.4. The number of likely N-dealkylation sites (tertiary alicyclic amines) is 1. The molecule has 27 heavy (non-hydrogen) atoms. The zero-order valence-electron chi connectivity index (χ0n) is 15.6. The van der Waals surface area contributed by atoms with E-state index < -0.39 is 0 Å². The van der Waals surface area contributed by atoms with Gasteiger partial charge in [0.1, 0.15) is 0 Å². The second-order valence-electron chi connectivity index (χ2n) is 7.74. The molecule has 2 saturated heterocycles. The number of rotatable bonds is 3. The van der Waals surface area contributed by atoms with E-state index >= 15 is 0 Å². The monoisotopic (exact) mass is 387 g/mol. The molecule has 1 N–H and O–H groups in total. The highest BCUT2D eigenvalue weighted by atomic mass is 32.1. The molecule has 1 aromatic carbocycles. The summed E-state index contributed by atoms with van der Waals surface area (Å²) >= 11 is 5.41. The summed E-state index contributed by atoms with van der Waals surface area (Å²) in [6, 6.07) is 5.23. The van der Waals surface area contributed by atoms with Crippen LogP contribution >= 0.6 is 12.2 Å². The van der Waals surface area contributed by atoms with E-state index in [1.165, 1.54) is 6.42 Å². The predicted octanol–water partition coefficient (Wildman–Crippen LogP) is 3.11. The topological polar surface area (TPSA) is 67.3 Å². The normalized spacial score (nSPS) is 23.1. The van der Waals surface area contributed by atoms with E-state index in [1.54, 1.807) is 22.8 Å². The van der Waals surface area contributed by atoms with Crippen molar-refractivity contribution in [1.82, 2.24) is 14.5 Å². The molecule has 4 rings (SSSR count). The van der Waals surface area contributed by atoms with Crippen LogP contribution in [0, 0.1) is 10.7 Å². The molecular formula is C20H25N3O3S. The second kappa shape index (κ2) is 7.56. The number of fused-ring (bicyclic) bond motifs is 1. The van der Waals surface area contributed by atoms with E-state index in [2.05, 4.69) is 11.9 Å². The van der Waals surface area contributed by atoms with Gasteiger partial charge in [0.2, 0.25) is 0 Å². The lowest BCUT2D eigenvalue weighted by molar-refractivity contribution is 0.0683. The molecule has 0 aliphatic carbocycles. The molecule has 0 bridgehead atoms. The van der Waals surface area contributed by atoms with Crippen molar-refractivity contribution < 1.29 is 9.53 Å². The van der Waals surface area contributed by atoms with E-state index in [0.29, 0.717) is 33.7 Å². The maximum atomic E-state index is 12.9. The molecule has 0 unspecified atom stereocenters. The number of carbonyl (C=O) groups excluding carboxylic acids is 1. The highest BCUT2D eigenvalue weighted by Crippen LogP contribution is 2.20. The molecule has 0 radical (unpaired) electrons. The van der Waals surface area contributed by atoms with Gasteiger partial charge < -0.3 is 14.6 Å². The lowest BCUT2D eigenvalue weighted by atomic mass is 9.99. The summed E-state index contributed by atoms with van der Waals surface area (Å²) in [5.41, 5.74) is 1.08. The fourth-order valence-corrected chi connectivity index (χ4v) is 4.37. The molecule has 144 valence electrons. The Labute approximate surface area is 163 Å². The summed E-state index contributed by atoms with van der Waals surface area (Å²) < 4.78 is 7.58. The first kappa shape index (κ1) is 18.4. The van der Waals surface area contributed by atoms with Crippen LogP contribution in [0.1, 0.15) is 43.0 Å². The number of hydrogen-bond donors (Lipinski definition) is 1. The third-order valence-electron chi connectivity index (χ3n) is 5.58. The second-order valence-corrected chi connectivity index (χ2v) is 8.13. The molecule has 3 heterocycles. The number of ether oxygens (including phenoxy) is 1. The van der Waals surface area contributed by atoms with Crippen LogP contribution < -0.4 is 5.56 Å². The number of hydrogen-bond acceptors (Lipinski definition) is 4. The zero-order chi connectivity index (χ0) is 19.0. The van der Waals surface area contributed by atoms with Crippen molar-refractivity contribution in [1.29, 1.82) is 0 Å². The average Bonchev–Trinajstić information content (AvgIpc) is 3.17. The first-order valence-electron chi connectivity index (χ1n) is 9.70. The van der Waals surface area contributed by atoms with Crippen molar-refractivity contribution in [2.24, 2.45) is 5.92 Å². The fourth-order valence-electron chi connectivity index (χ4n) is 4.10. The van der Waals surface area contributed by atoms with Gasteiger partial charge in [-0.3, -0.25) is 14.2 Å². The van der Waals surface area contributed by atoms with Crippen molar-refractivity contribution >= 4 is 29.0 Å². The minimum atomic E-state index is -0.130. The Morgan fingerprint density at radius 1 is 1.33 bits per heavy atom. The number of benzene rings is 1. The maximum absolute atomic E-state index is 12.9. The fraction of sp³-hybridized carbons (Fsp3) is 0.550. The smallest absolute Gasteiger partial charge is 0.262 e. The van der Waals surface area contributed by atoms with E-state index in [9.17, 15) is 9.59 Å². The first-order valence-corrected chi connectivity index (χ1v) is 10.1. The Morgan fingerprint density at radius 3 is 2.93 bits per heavy atom. The SMILES string of the molecule is C[C@H]1CCCN(C(=O)c2ccc3c(=O)n(C[C@H]4CCCO4)c(=S)[nH]c3c2)C1. The molecule has 6 nitrogen and oxygen atoms in total. The van der Waals surface area contributed by atoms with Crippen LogP contribution in [0.25, 0.3) is 10.9 Å². The molecule has 2 aromatic rings. The van der Waals surface area contributed by atoms with Crippen LogP contribution in [-0.2, 0) is 11.3 Å². The van der Waals surface area contributed by atoms with Gasteiger partial charge in [0.15, 0.2) is 4.77 Å². The van der Waals surface area contributed by atoms with Crippen molar-refractivity contribution in [2.45, 2.75) is 45.3 Å². The summed E-state index contributed by atoms with van der Waals surface area (Å²) in [6.07, 6.45) is 4.21. The van der Waals surface area contributed by atoms with Crippen molar-refractivity contribution in [3.8, 4) is 0 Å². The lowest BCUT2D eigenvalue weighted by Gasteiger charge is -2.31. The Hall–Kier alpha value is -1.99. The third kappa shape index (κ3) is 3.71. The molecule has 2 aliphatic rings. The molecule has 0 saturated carbocycles. The number of H-pyrrole nitrogens is 1. The van der Waals surface area contributed by atoms with Gasteiger partial charge in [-0.1, -0.05) is 6.92 Å². The summed E-state index contributed by atoms with van der Waals surface area (Å²) in [4.78, 5) is 30.8. The van der Waals surface area contributed by atoms with Crippen molar-refractivity contribution in [2.75, 3.05) is 19.7 Å². The number of aromatic amines is 1. The number of piperidine rings is 1. The lowest BCUT2D eigenvalue weighted by Crippen LogP contribution is -2.39. The number of nitrogens with one attached hydrogen (secondary N) is 1. The summed E-state index contributed by atoms with van der Waals surface area (Å²) in [7, 11) is 0. The van der Waals surface area contributed by atoms with Crippen LogP contribution in [0.5, 0.6) is 0 Å². The summed E-state index contributed by atoms with van der Waals surface area (Å²) in [5.74, 6) is 0.547. The molecule has 2 aliphatic heterocycles. The van der Waals surface area contributed by atoms with Crippen LogP contribution in [0.3, 0.4) is 0 Å². The Morgan fingerprint density at radius 2 is 2.19 bits per heavy atom. The van der Waals surface area contributed by atoms with Crippen LogP contribution in [0.4, 0.5) is 0 Å². The van der Waals surface area contributed by atoms with E-state index in [1.807, 2.05) is 4.90 Å². The van der Waals surface area contributed by atoms with E-state index in [4.69, 9.17) is 17.0 Å². The molecule has 1 amide bonds. The highest BCUT2D eigenvalue weighted by Gasteiger charge is 2.23. The average molecular weight is 388 g/mol. The quantitative estimate of drug-likeness (QED) is 0.822. The number of aromatic nitrogens is 2. The summed E-state index contributed by atoms with van der Waals surface area (Å²) in [6.45, 7) is 4.96. The Bertz CT molecular complexity index is 975. The predicted molar refractivity (Wildman–Crippen MR) is 107 cm³/mol. The van der Waals surface area contributed by atoms with Crippen LogP contribution in [0.2, 0.25) is 0 Å². The molecule has 0 spiro atoms. The molecule has 1 aromatic heterocycles. The van der Waals surface area contributed by atoms with Gasteiger partial charge in [0.25, 0.3) is 11.5 Å². The van der Waals surface area contributed by atoms with Gasteiger partial charge >= 0.3 is 0 Å². The Balaban J connectivity index is 1.65. The van der Waals surface area contributed by atoms with Crippen molar-refractivity contribution in [3.63, 3.8) is 0 Å². The molecule has 2 fully saturated rings. The number of nitrogens with zero attached hydrogens (tertiary/aromatic N) is 2. The van der Waals surface area contributed by atoms with Crippen LogP contribution in [-0.4, -0.2) is 46.2 Å². The van der Waals surface area contributed by atoms with Gasteiger partial charge in [-0.15, -0.1) is 0 Å². The van der Waals surface area contributed by atoms with Crippen LogP contribution in [0.15, 0.2) is 23.0 Å². The largest absolute Gasteiger partial charge is 0.376 e. The minimum absolute atomic E-state index is 0.0197. The standard InChI is InChI=1S/C20H25N3O3S/c1-13-4-2-8-22(11-13)18(24)14-6-7-16-17(10-14)21-20(27)23(19(16)25)12-15-5-3-9-26-15/h6-7,10,13,15H,2-5,8-9,11-12H2,1H3,(H,21,27)/t13-,15+/m0/s1. The minimum Gasteiger partial charge on any atom is -0.376 e. The molecule has 2 atom stereocenters. The summed E-state index contributed by atoms with van der Waals surface area (Å²) in [5, 5.41) is 0.546. The maximum Gasteiger partial charge on any atom is 0.262 e. The van der Waals surface area contributed by atoms with Gasteiger partial charge in [-0.25, -0.2) is 0 Å². The molecular weight excluding hydrogens is 362 g/mol. The highest BCUT2D eigenvalue weighted by molar-refractivity contribution is 7.71.